The van der Waals surface area contributed by atoms with Gasteiger partial charge in [0, 0.05) is 16.8 Å². The second-order valence-corrected chi connectivity index (χ2v) is 7.14. The summed E-state index contributed by atoms with van der Waals surface area (Å²) in [5.74, 6) is 0.530. The minimum atomic E-state index is -0.230. The van der Waals surface area contributed by atoms with Gasteiger partial charge in [-0.15, -0.1) is 11.3 Å². The van der Waals surface area contributed by atoms with Crippen molar-refractivity contribution in [2.45, 2.75) is 10.8 Å². The summed E-state index contributed by atoms with van der Waals surface area (Å²) in [4.78, 5) is 14.2. The number of benzene rings is 1. The van der Waals surface area contributed by atoms with Crippen LogP contribution in [0.2, 0.25) is 0 Å². The van der Waals surface area contributed by atoms with Crippen molar-refractivity contribution in [3.63, 3.8) is 0 Å². The maximum Gasteiger partial charge on any atom is 0.123 e. The lowest BCUT2D eigenvalue weighted by Gasteiger charge is -2.01. The Balaban J connectivity index is 1.66. The molecule has 3 aromatic heterocycles. The van der Waals surface area contributed by atoms with Gasteiger partial charge in [-0.1, -0.05) is 30.0 Å². The number of thiophene rings is 1. The van der Waals surface area contributed by atoms with Gasteiger partial charge in [-0.2, -0.15) is 0 Å². The number of rotatable bonds is 4. The second kappa shape index (κ2) is 6.67. The zero-order valence-electron chi connectivity index (χ0n) is 12.5. The van der Waals surface area contributed by atoms with Crippen molar-refractivity contribution in [1.82, 2.24) is 15.0 Å². The quantitative estimate of drug-likeness (QED) is 0.374. The molecule has 24 heavy (non-hydrogen) atoms. The molecule has 0 unspecified atom stereocenters. The molecule has 0 fully saturated rings. The molecule has 3 nitrogen and oxygen atoms in total. The van der Waals surface area contributed by atoms with Crippen LogP contribution >= 0.6 is 23.1 Å². The third-order valence-electron chi connectivity index (χ3n) is 3.49. The molecule has 0 amide bonds. The van der Waals surface area contributed by atoms with Gasteiger partial charge in [0.1, 0.15) is 17.2 Å². The Kier molecular flexibility index (Phi) is 4.23. The summed E-state index contributed by atoms with van der Waals surface area (Å²) in [6.45, 7) is 0. The molecule has 0 aliphatic carbocycles. The number of fused-ring (bicyclic) bond motifs is 1. The van der Waals surface area contributed by atoms with Gasteiger partial charge in [0.25, 0.3) is 0 Å². The number of pyridine rings is 1. The predicted octanol–water partition coefficient (Wildman–Crippen LogP) is 5.18. The summed E-state index contributed by atoms with van der Waals surface area (Å²) in [7, 11) is 0. The van der Waals surface area contributed by atoms with Crippen LogP contribution in [0.1, 0.15) is 5.69 Å². The summed E-state index contributed by atoms with van der Waals surface area (Å²) in [5, 5.41) is 0.948. The second-order valence-electron chi connectivity index (χ2n) is 5.12. The van der Waals surface area contributed by atoms with Crippen molar-refractivity contribution in [3.8, 4) is 10.4 Å². The van der Waals surface area contributed by atoms with Gasteiger partial charge in [-0.25, -0.2) is 14.4 Å². The molecule has 6 heteroatoms. The van der Waals surface area contributed by atoms with Gasteiger partial charge in [0.05, 0.1) is 15.9 Å². The van der Waals surface area contributed by atoms with Gasteiger partial charge >= 0.3 is 0 Å². The maximum absolute atomic E-state index is 13.1. The Morgan fingerprint density at radius 2 is 1.88 bits per heavy atom. The number of hydrogen-bond acceptors (Lipinski definition) is 5. The number of thioether (sulfide) groups is 1. The zero-order valence-corrected chi connectivity index (χ0v) is 14.1. The van der Waals surface area contributed by atoms with Gasteiger partial charge < -0.3 is 0 Å². The van der Waals surface area contributed by atoms with E-state index in [4.69, 9.17) is 0 Å². The number of halogens is 1. The highest BCUT2D eigenvalue weighted by molar-refractivity contribution is 7.98. The van der Waals surface area contributed by atoms with Crippen LogP contribution in [-0.2, 0) is 5.75 Å². The molecular formula is C18H12FN3S2. The molecule has 0 saturated carbocycles. The first kappa shape index (κ1) is 15.2. The minimum Gasteiger partial charge on any atom is -0.260 e. The first-order chi connectivity index (χ1) is 11.8. The lowest BCUT2D eigenvalue weighted by atomic mass is 10.2. The number of hydrogen-bond donors (Lipinski definition) is 0. The van der Waals surface area contributed by atoms with Crippen molar-refractivity contribution < 1.29 is 4.39 Å². The zero-order chi connectivity index (χ0) is 16.4. The monoisotopic (exact) mass is 353 g/mol. The van der Waals surface area contributed by atoms with E-state index in [1.165, 1.54) is 12.1 Å². The van der Waals surface area contributed by atoms with E-state index in [1.54, 1.807) is 47.8 Å². The van der Waals surface area contributed by atoms with E-state index in [-0.39, 0.29) is 5.82 Å². The van der Waals surface area contributed by atoms with Crippen LogP contribution in [0.5, 0.6) is 0 Å². The molecule has 1 aromatic carbocycles. The summed E-state index contributed by atoms with van der Waals surface area (Å²) in [6, 6.07) is 14.4. The van der Waals surface area contributed by atoms with Gasteiger partial charge in [-0.3, -0.25) is 4.98 Å². The van der Waals surface area contributed by atoms with E-state index < -0.39 is 0 Å². The van der Waals surface area contributed by atoms with Crippen LogP contribution in [0.15, 0.2) is 66.1 Å². The predicted molar refractivity (Wildman–Crippen MR) is 96.6 cm³/mol. The van der Waals surface area contributed by atoms with Gasteiger partial charge in [-0.05, 0) is 35.9 Å². The van der Waals surface area contributed by atoms with E-state index >= 15 is 0 Å². The maximum atomic E-state index is 13.1. The van der Waals surface area contributed by atoms with Crippen LogP contribution in [0, 0.1) is 5.82 Å². The lowest BCUT2D eigenvalue weighted by molar-refractivity contribution is 0.628. The molecule has 118 valence electrons. The van der Waals surface area contributed by atoms with Crippen LogP contribution < -0.4 is 0 Å². The van der Waals surface area contributed by atoms with E-state index in [0.717, 1.165) is 37.1 Å². The van der Waals surface area contributed by atoms with E-state index in [2.05, 4.69) is 15.0 Å². The third kappa shape index (κ3) is 3.16. The van der Waals surface area contributed by atoms with Crippen molar-refractivity contribution in [2.24, 2.45) is 0 Å². The molecule has 3 heterocycles. The van der Waals surface area contributed by atoms with Crippen LogP contribution in [0.4, 0.5) is 4.39 Å². The fourth-order valence-corrected chi connectivity index (χ4v) is 4.43. The Bertz CT molecular complexity index is 969. The molecule has 0 bridgehead atoms. The molecule has 0 atom stereocenters. The molecule has 0 aliphatic rings. The largest absolute Gasteiger partial charge is 0.260 e. The molecule has 0 aliphatic heterocycles. The molecular weight excluding hydrogens is 341 g/mol. The summed E-state index contributed by atoms with van der Waals surface area (Å²) >= 11 is 3.28. The standard InChI is InChI=1S/C18H12FN3S2/c19-13-6-4-12(5-7-13)16-9-15-17(24-16)18(22-11-21-15)23-10-14-3-1-2-8-20-14/h1-9,11H,10H2. The topological polar surface area (TPSA) is 38.7 Å². The first-order valence-electron chi connectivity index (χ1n) is 7.33. The fourth-order valence-electron chi connectivity index (χ4n) is 2.32. The highest BCUT2D eigenvalue weighted by atomic mass is 32.2. The Morgan fingerprint density at radius 1 is 1.00 bits per heavy atom. The van der Waals surface area contributed by atoms with Crippen LogP contribution in [-0.4, -0.2) is 15.0 Å². The number of nitrogens with zero attached hydrogens (tertiary/aromatic N) is 3. The molecule has 0 saturated heterocycles. The number of aromatic nitrogens is 3. The highest BCUT2D eigenvalue weighted by Gasteiger charge is 2.11. The summed E-state index contributed by atoms with van der Waals surface area (Å²) in [5.41, 5.74) is 2.92. The highest BCUT2D eigenvalue weighted by Crippen LogP contribution is 2.37. The average molecular weight is 353 g/mol. The molecule has 4 rings (SSSR count). The summed E-state index contributed by atoms with van der Waals surface area (Å²) in [6.07, 6.45) is 3.38. The van der Waals surface area contributed by atoms with Crippen LogP contribution in [0.3, 0.4) is 0 Å². The van der Waals surface area contributed by atoms with E-state index in [9.17, 15) is 4.39 Å². The fraction of sp³-hybridized carbons (Fsp3) is 0.0556. The lowest BCUT2D eigenvalue weighted by Crippen LogP contribution is -1.87. The molecule has 0 radical (unpaired) electrons. The molecule has 0 N–H and O–H groups in total. The van der Waals surface area contributed by atoms with Crippen molar-refractivity contribution in [3.05, 3.63) is 72.6 Å². The van der Waals surface area contributed by atoms with E-state index in [1.807, 2.05) is 24.3 Å². The van der Waals surface area contributed by atoms with Crippen molar-refractivity contribution in [2.75, 3.05) is 0 Å². The average Bonchev–Trinajstić information content (AvgIpc) is 3.06. The van der Waals surface area contributed by atoms with Gasteiger partial charge in [0.15, 0.2) is 0 Å². The van der Waals surface area contributed by atoms with Crippen molar-refractivity contribution in [1.29, 1.82) is 0 Å². The van der Waals surface area contributed by atoms with E-state index in [0.29, 0.717) is 0 Å². The van der Waals surface area contributed by atoms with Gasteiger partial charge in [0.2, 0.25) is 0 Å². The Labute approximate surface area is 146 Å². The summed E-state index contributed by atoms with van der Waals surface area (Å²) < 4.78 is 14.2. The smallest absolute Gasteiger partial charge is 0.123 e. The molecule has 0 spiro atoms. The van der Waals surface area contributed by atoms with Crippen LogP contribution in [0.25, 0.3) is 20.7 Å². The van der Waals surface area contributed by atoms with Crippen molar-refractivity contribution >= 4 is 33.3 Å². The molecule has 4 aromatic rings. The normalized spacial score (nSPS) is 11.0. The SMILES string of the molecule is Fc1ccc(-c2cc3ncnc(SCc4ccccn4)c3s2)cc1. The first-order valence-corrected chi connectivity index (χ1v) is 9.13. The minimum absolute atomic E-state index is 0.230. The Hall–Kier alpha value is -2.31. The third-order valence-corrected chi connectivity index (χ3v) is 5.82. The Morgan fingerprint density at radius 3 is 2.67 bits per heavy atom.